The minimum absolute atomic E-state index is 0.122. The zero-order valence-corrected chi connectivity index (χ0v) is 9.06. The Kier molecular flexibility index (Phi) is 3.31. The summed E-state index contributed by atoms with van der Waals surface area (Å²) in [5.41, 5.74) is 0. The van der Waals surface area contributed by atoms with E-state index in [1.807, 2.05) is 0 Å². The Morgan fingerprint density at radius 3 is 2.93 bits per heavy atom. The van der Waals surface area contributed by atoms with Crippen molar-refractivity contribution in [2.75, 3.05) is 19.0 Å². The summed E-state index contributed by atoms with van der Waals surface area (Å²) in [5.74, 6) is 1.28. The first kappa shape index (κ1) is 10.3. The van der Waals surface area contributed by atoms with Crippen molar-refractivity contribution in [3.8, 4) is 0 Å². The van der Waals surface area contributed by atoms with Crippen molar-refractivity contribution in [3.05, 3.63) is 0 Å². The van der Waals surface area contributed by atoms with E-state index in [0.717, 1.165) is 38.0 Å². The molecule has 2 aliphatic heterocycles. The summed E-state index contributed by atoms with van der Waals surface area (Å²) in [6, 6.07) is -0.122. The first-order valence-electron chi connectivity index (χ1n) is 5.31. The van der Waals surface area contributed by atoms with Crippen LogP contribution in [0.15, 0.2) is 0 Å². The van der Waals surface area contributed by atoms with Gasteiger partial charge in [0.25, 0.3) is 0 Å². The van der Waals surface area contributed by atoms with Crippen molar-refractivity contribution in [2.45, 2.75) is 37.0 Å². The first-order valence-corrected chi connectivity index (χ1v) is 6.36. The van der Waals surface area contributed by atoms with Gasteiger partial charge in [0.2, 0.25) is 5.91 Å². The number of hydrogen-bond acceptors (Lipinski definition) is 2. The number of hydrogen-bond donors (Lipinski definition) is 0. The lowest BCUT2D eigenvalue weighted by atomic mass is 10.2. The molecule has 2 unspecified atom stereocenters. The van der Waals surface area contributed by atoms with E-state index in [2.05, 4.69) is 0 Å². The van der Waals surface area contributed by atoms with E-state index in [1.54, 1.807) is 16.7 Å². The molecule has 14 heavy (non-hydrogen) atoms. The Morgan fingerprint density at radius 2 is 2.29 bits per heavy atom. The third kappa shape index (κ3) is 1.90. The summed E-state index contributed by atoms with van der Waals surface area (Å²) >= 11 is 1.74. The molecule has 2 rings (SSSR count). The normalized spacial score (nSPS) is 32.5. The van der Waals surface area contributed by atoms with E-state index in [9.17, 15) is 9.18 Å². The number of thioether (sulfide) groups is 1. The lowest BCUT2D eigenvalue weighted by Crippen LogP contribution is -2.41. The van der Waals surface area contributed by atoms with E-state index in [-0.39, 0.29) is 23.9 Å². The minimum atomic E-state index is -0.372. The van der Waals surface area contributed by atoms with Crippen LogP contribution in [0.5, 0.6) is 0 Å². The lowest BCUT2D eigenvalue weighted by Gasteiger charge is -2.25. The highest BCUT2D eigenvalue weighted by molar-refractivity contribution is 8.00. The van der Waals surface area contributed by atoms with Crippen molar-refractivity contribution >= 4 is 17.7 Å². The van der Waals surface area contributed by atoms with Crippen LogP contribution in [0.4, 0.5) is 4.39 Å². The van der Waals surface area contributed by atoms with Gasteiger partial charge in [0, 0.05) is 6.54 Å². The van der Waals surface area contributed by atoms with E-state index < -0.39 is 0 Å². The van der Waals surface area contributed by atoms with Crippen LogP contribution in [0.3, 0.4) is 0 Å². The number of amides is 1. The molecule has 0 saturated carbocycles. The molecule has 4 heteroatoms. The fourth-order valence-corrected chi connectivity index (χ4v) is 3.47. The second-order valence-electron chi connectivity index (χ2n) is 3.98. The maximum absolute atomic E-state index is 12.6. The molecule has 2 saturated heterocycles. The molecule has 0 bridgehead atoms. The van der Waals surface area contributed by atoms with Gasteiger partial charge in [-0.3, -0.25) is 4.79 Å². The quantitative estimate of drug-likeness (QED) is 0.703. The average molecular weight is 217 g/mol. The average Bonchev–Trinajstić information content (AvgIpc) is 2.87. The van der Waals surface area contributed by atoms with Crippen molar-refractivity contribution < 1.29 is 9.18 Å². The number of likely N-dealkylation sites (tertiary alicyclic amines) is 1. The van der Waals surface area contributed by atoms with Gasteiger partial charge in [0.1, 0.15) is 6.67 Å². The van der Waals surface area contributed by atoms with Gasteiger partial charge in [-0.15, -0.1) is 11.8 Å². The van der Waals surface area contributed by atoms with E-state index in [1.165, 1.54) is 0 Å². The first-order chi connectivity index (χ1) is 6.83. The summed E-state index contributed by atoms with van der Waals surface area (Å²) in [6.07, 6.45) is 3.94. The van der Waals surface area contributed by atoms with Crippen LogP contribution >= 0.6 is 11.8 Å². The van der Waals surface area contributed by atoms with Crippen molar-refractivity contribution in [1.29, 1.82) is 0 Å². The largest absolute Gasteiger partial charge is 0.336 e. The van der Waals surface area contributed by atoms with Crippen LogP contribution in [0.25, 0.3) is 0 Å². The molecule has 0 aliphatic carbocycles. The third-order valence-corrected chi connectivity index (χ3v) is 4.41. The van der Waals surface area contributed by atoms with E-state index >= 15 is 0 Å². The Balaban J connectivity index is 1.95. The second-order valence-corrected chi connectivity index (χ2v) is 5.29. The van der Waals surface area contributed by atoms with Crippen LogP contribution in [-0.2, 0) is 4.79 Å². The maximum atomic E-state index is 12.6. The molecule has 2 aliphatic rings. The van der Waals surface area contributed by atoms with Gasteiger partial charge in [0.05, 0.1) is 11.3 Å². The van der Waals surface area contributed by atoms with E-state index in [4.69, 9.17) is 0 Å². The Morgan fingerprint density at radius 1 is 1.43 bits per heavy atom. The molecule has 80 valence electrons. The van der Waals surface area contributed by atoms with Crippen LogP contribution in [0, 0.1) is 0 Å². The molecule has 0 aromatic carbocycles. The highest BCUT2D eigenvalue weighted by Gasteiger charge is 2.34. The second kappa shape index (κ2) is 4.51. The molecule has 0 radical (unpaired) electrons. The van der Waals surface area contributed by atoms with Crippen molar-refractivity contribution in [3.63, 3.8) is 0 Å². The predicted molar refractivity (Wildman–Crippen MR) is 56.2 cm³/mol. The fourth-order valence-electron chi connectivity index (χ4n) is 2.24. The molecule has 2 atom stereocenters. The smallest absolute Gasteiger partial charge is 0.236 e. The number of halogens is 1. The number of carbonyl (C=O) groups is 1. The van der Waals surface area contributed by atoms with Gasteiger partial charge in [0.15, 0.2) is 0 Å². The molecule has 0 aromatic heterocycles. The van der Waals surface area contributed by atoms with E-state index in [0.29, 0.717) is 0 Å². The summed E-state index contributed by atoms with van der Waals surface area (Å²) < 4.78 is 12.6. The molecule has 0 N–H and O–H groups in total. The highest BCUT2D eigenvalue weighted by atomic mass is 32.2. The number of rotatable bonds is 2. The molecule has 0 spiro atoms. The molecular formula is C10H16FNOS. The highest BCUT2D eigenvalue weighted by Crippen LogP contribution is 2.30. The minimum Gasteiger partial charge on any atom is -0.336 e. The molecule has 1 amide bonds. The van der Waals surface area contributed by atoms with Crippen LogP contribution in [0.2, 0.25) is 0 Å². The molecule has 2 heterocycles. The maximum Gasteiger partial charge on any atom is 0.236 e. The standard InChI is InChI=1S/C10H16FNOS/c11-7-8-3-1-5-12(8)10(13)9-4-2-6-14-9/h8-9H,1-7H2. The monoisotopic (exact) mass is 217 g/mol. The lowest BCUT2D eigenvalue weighted by molar-refractivity contribution is -0.131. The van der Waals surface area contributed by atoms with Gasteiger partial charge in [-0.1, -0.05) is 0 Å². The third-order valence-electron chi connectivity index (χ3n) is 3.04. The molecular weight excluding hydrogens is 201 g/mol. The molecule has 2 fully saturated rings. The van der Waals surface area contributed by atoms with Gasteiger partial charge < -0.3 is 4.90 Å². The Labute approximate surface area is 88.2 Å². The van der Waals surface area contributed by atoms with Gasteiger partial charge in [-0.25, -0.2) is 4.39 Å². The van der Waals surface area contributed by atoms with Crippen molar-refractivity contribution in [1.82, 2.24) is 4.90 Å². The zero-order chi connectivity index (χ0) is 9.97. The topological polar surface area (TPSA) is 20.3 Å². The van der Waals surface area contributed by atoms with Gasteiger partial charge >= 0.3 is 0 Å². The molecule has 0 aromatic rings. The van der Waals surface area contributed by atoms with Gasteiger partial charge in [-0.2, -0.15) is 0 Å². The number of carbonyl (C=O) groups excluding carboxylic acids is 1. The van der Waals surface area contributed by atoms with Crippen LogP contribution < -0.4 is 0 Å². The summed E-state index contributed by atoms with van der Waals surface area (Å²) in [5, 5.41) is 0.127. The summed E-state index contributed by atoms with van der Waals surface area (Å²) in [4.78, 5) is 13.7. The summed E-state index contributed by atoms with van der Waals surface area (Å²) in [7, 11) is 0. The fraction of sp³-hybridized carbons (Fsp3) is 0.900. The number of alkyl halides is 1. The molecule has 2 nitrogen and oxygen atoms in total. The van der Waals surface area contributed by atoms with Crippen LogP contribution in [0.1, 0.15) is 25.7 Å². The Hall–Kier alpha value is -0.250. The van der Waals surface area contributed by atoms with Crippen LogP contribution in [-0.4, -0.2) is 41.1 Å². The predicted octanol–water partition coefficient (Wildman–Crippen LogP) is 1.84. The van der Waals surface area contributed by atoms with Gasteiger partial charge in [-0.05, 0) is 31.4 Å². The Bertz CT molecular complexity index is 218. The van der Waals surface area contributed by atoms with Crippen molar-refractivity contribution in [2.24, 2.45) is 0 Å². The number of nitrogens with zero attached hydrogens (tertiary/aromatic N) is 1. The SMILES string of the molecule is O=C(C1CCCS1)N1CCCC1CF. The summed E-state index contributed by atoms with van der Waals surface area (Å²) in [6.45, 7) is 0.396. The zero-order valence-electron chi connectivity index (χ0n) is 8.25.